The molecule has 1 aliphatic rings. The molecule has 0 aliphatic carbocycles. The van der Waals surface area contributed by atoms with Crippen LogP contribution in [0.5, 0.6) is 11.5 Å². The van der Waals surface area contributed by atoms with Crippen LogP contribution in [0, 0.1) is 0 Å². The molecule has 7 heteroatoms. The van der Waals surface area contributed by atoms with E-state index in [1.54, 1.807) is 19.3 Å². The Kier molecular flexibility index (Phi) is 5.31. The molecule has 2 N–H and O–H groups in total. The second-order valence-electron chi connectivity index (χ2n) is 5.19. The molecule has 2 aromatic rings. The smallest absolute Gasteiger partial charge is 0.286 e. The summed E-state index contributed by atoms with van der Waals surface area (Å²) in [6.07, 6.45) is 1.73. The van der Waals surface area contributed by atoms with Gasteiger partial charge in [0.25, 0.3) is 5.91 Å². The maximum absolute atomic E-state index is 11.7. The first-order valence-electron chi connectivity index (χ1n) is 7.38. The lowest BCUT2D eigenvalue weighted by Crippen LogP contribution is -2.01. The molecule has 0 spiro atoms. The molecule has 1 amide bonds. The molecule has 0 aromatic heterocycles. The van der Waals surface area contributed by atoms with Crippen LogP contribution in [0.3, 0.4) is 0 Å². The predicted molar refractivity (Wildman–Crippen MR) is 101 cm³/mol. The highest BCUT2D eigenvalue weighted by atomic mass is 35.5. The van der Waals surface area contributed by atoms with E-state index in [0.717, 1.165) is 22.9 Å². The van der Waals surface area contributed by atoms with Gasteiger partial charge in [0.2, 0.25) is 0 Å². The number of hydrogen-bond acceptors (Lipinski definition) is 5. The number of hydrogen-bond donors (Lipinski definition) is 1. The zero-order chi connectivity index (χ0) is 17.8. The molecule has 0 fully saturated rings. The van der Waals surface area contributed by atoms with Crippen molar-refractivity contribution in [1.82, 2.24) is 0 Å². The number of halogens is 1. The predicted octanol–water partition coefficient (Wildman–Crippen LogP) is 3.86. The lowest BCUT2D eigenvalue weighted by atomic mass is 10.2. The Bertz CT molecular complexity index is 863. The molecule has 2 aromatic carbocycles. The van der Waals surface area contributed by atoms with Gasteiger partial charge in [0.05, 0.1) is 12.0 Å². The van der Waals surface area contributed by atoms with Crippen molar-refractivity contribution < 1.29 is 14.3 Å². The Hall–Kier alpha value is -2.44. The summed E-state index contributed by atoms with van der Waals surface area (Å²) in [7, 11) is 1.58. The molecule has 128 valence electrons. The van der Waals surface area contributed by atoms with Gasteiger partial charge in [-0.2, -0.15) is 4.99 Å². The number of rotatable bonds is 5. The Morgan fingerprint density at radius 1 is 1.20 bits per heavy atom. The number of amides is 1. The van der Waals surface area contributed by atoms with E-state index in [-0.39, 0.29) is 11.1 Å². The summed E-state index contributed by atoms with van der Waals surface area (Å²) in [5.41, 5.74) is 7.35. The third kappa shape index (κ3) is 4.35. The van der Waals surface area contributed by atoms with Gasteiger partial charge in [-0.3, -0.25) is 4.79 Å². The van der Waals surface area contributed by atoms with Gasteiger partial charge in [-0.1, -0.05) is 29.8 Å². The van der Waals surface area contributed by atoms with Crippen molar-refractivity contribution in [1.29, 1.82) is 0 Å². The van der Waals surface area contributed by atoms with Gasteiger partial charge >= 0.3 is 0 Å². The fourth-order valence-electron chi connectivity index (χ4n) is 2.21. The fourth-order valence-corrected chi connectivity index (χ4v) is 3.02. The van der Waals surface area contributed by atoms with Crippen LogP contribution >= 0.6 is 23.4 Å². The van der Waals surface area contributed by atoms with Gasteiger partial charge in [-0.25, -0.2) is 0 Å². The highest BCUT2D eigenvalue weighted by Crippen LogP contribution is 2.32. The van der Waals surface area contributed by atoms with Gasteiger partial charge in [-0.05, 0) is 53.2 Å². The van der Waals surface area contributed by atoms with E-state index in [4.69, 9.17) is 26.8 Å². The summed E-state index contributed by atoms with van der Waals surface area (Å²) < 4.78 is 11.2. The molecule has 1 aliphatic heterocycles. The number of benzene rings is 2. The van der Waals surface area contributed by atoms with Crippen molar-refractivity contribution >= 4 is 40.5 Å². The first kappa shape index (κ1) is 17.4. The first-order chi connectivity index (χ1) is 12.0. The summed E-state index contributed by atoms with van der Waals surface area (Å²) >= 11 is 7.04. The Balaban J connectivity index is 1.79. The van der Waals surface area contributed by atoms with E-state index in [2.05, 4.69) is 4.99 Å². The van der Waals surface area contributed by atoms with Crippen LogP contribution in [0.1, 0.15) is 11.1 Å². The molecule has 5 nitrogen and oxygen atoms in total. The fraction of sp³-hybridized carbons (Fsp3) is 0.111. The van der Waals surface area contributed by atoms with E-state index >= 15 is 0 Å². The average Bonchev–Trinajstić information content (AvgIpc) is 2.92. The maximum Gasteiger partial charge on any atom is 0.286 e. The van der Waals surface area contributed by atoms with Crippen molar-refractivity contribution in [3.8, 4) is 11.5 Å². The van der Waals surface area contributed by atoms with Gasteiger partial charge in [0, 0.05) is 5.02 Å². The Labute approximate surface area is 154 Å². The number of ether oxygens (including phenoxy) is 2. The summed E-state index contributed by atoms with van der Waals surface area (Å²) in [4.78, 5) is 15.9. The van der Waals surface area contributed by atoms with Gasteiger partial charge in [0.1, 0.15) is 6.61 Å². The topological polar surface area (TPSA) is 73.9 Å². The molecule has 1 heterocycles. The molecule has 3 rings (SSSR count). The van der Waals surface area contributed by atoms with E-state index in [0.29, 0.717) is 28.0 Å². The number of nitrogens with two attached hydrogens (primary N) is 1. The third-order valence-corrected chi connectivity index (χ3v) is 4.49. The second kappa shape index (κ2) is 7.63. The molecular formula is C18H15ClN2O3S. The number of aliphatic imine (C=N–C) groups is 1. The molecule has 25 heavy (non-hydrogen) atoms. The number of carbonyl (C=O) groups is 1. The van der Waals surface area contributed by atoms with Crippen molar-refractivity contribution in [2.24, 2.45) is 10.7 Å². The maximum atomic E-state index is 11.7. The van der Waals surface area contributed by atoms with Crippen molar-refractivity contribution in [2.45, 2.75) is 6.61 Å². The van der Waals surface area contributed by atoms with Crippen LogP contribution in [0.4, 0.5) is 0 Å². The van der Waals surface area contributed by atoms with Crippen molar-refractivity contribution in [3.05, 3.63) is 63.5 Å². The van der Waals surface area contributed by atoms with E-state index in [9.17, 15) is 4.79 Å². The van der Waals surface area contributed by atoms with Crippen molar-refractivity contribution in [3.63, 3.8) is 0 Å². The van der Waals surface area contributed by atoms with Crippen LogP contribution in [-0.4, -0.2) is 18.2 Å². The number of carbonyl (C=O) groups excluding carboxylic acids is 1. The van der Waals surface area contributed by atoms with Crippen LogP contribution in [0.2, 0.25) is 5.02 Å². The standard InChI is InChI=1S/C18H15ClN2O3S/c1-23-14-7-4-12(9-16-17(22)21-18(20)25-16)8-15(14)24-10-11-2-5-13(19)6-3-11/h2-9H,10H2,1H3,(H2,20,21,22). The van der Waals surface area contributed by atoms with Crippen LogP contribution in [0.15, 0.2) is 52.4 Å². The van der Waals surface area contributed by atoms with Crippen LogP contribution in [-0.2, 0) is 11.4 Å². The van der Waals surface area contributed by atoms with E-state index in [1.807, 2.05) is 36.4 Å². The van der Waals surface area contributed by atoms with E-state index in [1.165, 1.54) is 0 Å². The SMILES string of the molecule is COc1ccc(C=C2SC(N)=NC2=O)cc1OCc1ccc(Cl)cc1. The van der Waals surface area contributed by atoms with Gasteiger partial charge in [-0.15, -0.1) is 0 Å². The number of thioether (sulfide) groups is 1. The highest BCUT2D eigenvalue weighted by Gasteiger charge is 2.19. The molecule has 0 saturated carbocycles. The molecule has 0 radical (unpaired) electrons. The monoisotopic (exact) mass is 374 g/mol. The summed E-state index contributed by atoms with van der Waals surface area (Å²) in [5, 5.41) is 0.930. The third-order valence-electron chi connectivity index (χ3n) is 3.43. The molecule has 0 atom stereocenters. The zero-order valence-electron chi connectivity index (χ0n) is 13.4. The number of nitrogens with zero attached hydrogens (tertiary/aromatic N) is 1. The number of amidine groups is 1. The van der Waals surface area contributed by atoms with Gasteiger partial charge < -0.3 is 15.2 Å². The number of methoxy groups -OCH3 is 1. The Morgan fingerprint density at radius 3 is 2.60 bits per heavy atom. The molecular weight excluding hydrogens is 360 g/mol. The minimum Gasteiger partial charge on any atom is -0.493 e. The lowest BCUT2D eigenvalue weighted by Gasteiger charge is -2.12. The molecule has 0 bridgehead atoms. The van der Waals surface area contributed by atoms with Crippen LogP contribution < -0.4 is 15.2 Å². The van der Waals surface area contributed by atoms with Crippen LogP contribution in [0.25, 0.3) is 6.08 Å². The highest BCUT2D eigenvalue weighted by molar-refractivity contribution is 8.18. The Morgan fingerprint density at radius 2 is 1.96 bits per heavy atom. The molecule has 0 saturated heterocycles. The normalized spacial score (nSPS) is 15.4. The second-order valence-corrected chi connectivity index (χ2v) is 6.69. The largest absolute Gasteiger partial charge is 0.493 e. The quantitative estimate of drug-likeness (QED) is 0.804. The van der Waals surface area contributed by atoms with E-state index < -0.39 is 0 Å². The zero-order valence-corrected chi connectivity index (χ0v) is 14.9. The summed E-state index contributed by atoms with van der Waals surface area (Å²) in [6, 6.07) is 12.9. The minimum absolute atomic E-state index is 0.254. The van der Waals surface area contributed by atoms with Gasteiger partial charge in [0.15, 0.2) is 16.7 Å². The van der Waals surface area contributed by atoms with Crippen molar-refractivity contribution in [2.75, 3.05) is 7.11 Å². The summed E-state index contributed by atoms with van der Waals surface area (Å²) in [5.74, 6) is 0.857. The summed E-state index contributed by atoms with van der Waals surface area (Å²) in [6.45, 7) is 0.372. The average molecular weight is 375 g/mol. The first-order valence-corrected chi connectivity index (χ1v) is 8.58. The molecule has 0 unspecified atom stereocenters. The minimum atomic E-state index is -0.332. The lowest BCUT2D eigenvalue weighted by molar-refractivity contribution is -0.113.